The molecule has 0 bridgehead atoms. The maximum Gasteiger partial charge on any atom is 0.407 e. The van der Waals surface area contributed by atoms with Crippen LogP contribution in [-0.2, 0) is 4.74 Å². The highest BCUT2D eigenvalue weighted by Crippen LogP contribution is 2.28. The molecule has 0 aromatic heterocycles. The van der Waals surface area contributed by atoms with E-state index in [1.165, 1.54) is 12.1 Å². The summed E-state index contributed by atoms with van der Waals surface area (Å²) in [6.07, 6.45) is 3.70. The molecule has 2 unspecified atom stereocenters. The van der Waals surface area contributed by atoms with Crippen molar-refractivity contribution < 1.29 is 13.9 Å². The molecule has 0 spiro atoms. The molecule has 1 aliphatic rings. The Labute approximate surface area is 148 Å². The number of benzene rings is 1. The average Bonchev–Trinajstić information content (AvgIpc) is 2.54. The van der Waals surface area contributed by atoms with Crippen LogP contribution in [0.1, 0.15) is 52.0 Å². The standard InChI is InChI=1S/C19H26FN3O2/c1-19(2,3)25-18(24)22-12-13-6-4-5-7-16(13)23-17-9-8-15(20)10-14(17)11-21/h8-10,13,16,23H,4-7,12H2,1-3H3,(H,22,24). The van der Waals surface area contributed by atoms with Gasteiger partial charge in [-0.1, -0.05) is 12.8 Å². The smallest absolute Gasteiger partial charge is 0.407 e. The monoisotopic (exact) mass is 347 g/mol. The SMILES string of the molecule is CC(C)(C)OC(=O)NCC1CCCCC1Nc1ccc(F)cc1C#N. The van der Waals surface area contributed by atoms with Crippen LogP contribution in [0.4, 0.5) is 14.9 Å². The highest BCUT2D eigenvalue weighted by molar-refractivity contribution is 5.67. The van der Waals surface area contributed by atoms with Gasteiger partial charge in [0, 0.05) is 12.6 Å². The summed E-state index contributed by atoms with van der Waals surface area (Å²) in [5, 5.41) is 15.4. The maximum atomic E-state index is 13.3. The highest BCUT2D eigenvalue weighted by atomic mass is 19.1. The first-order valence-electron chi connectivity index (χ1n) is 8.71. The van der Waals surface area contributed by atoms with E-state index in [4.69, 9.17) is 4.74 Å². The third kappa shape index (κ3) is 5.93. The lowest BCUT2D eigenvalue weighted by atomic mass is 9.84. The van der Waals surface area contributed by atoms with Crippen LogP contribution in [0.15, 0.2) is 18.2 Å². The van der Waals surface area contributed by atoms with Crippen LogP contribution in [0.25, 0.3) is 0 Å². The first-order chi connectivity index (χ1) is 11.8. The Hall–Kier alpha value is -2.29. The van der Waals surface area contributed by atoms with Crippen molar-refractivity contribution in [3.63, 3.8) is 0 Å². The molecule has 2 atom stereocenters. The predicted molar refractivity (Wildman–Crippen MR) is 94.7 cm³/mol. The first-order valence-corrected chi connectivity index (χ1v) is 8.71. The number of nitrogens with zero attached hydrogens (tertiary/aromatic N) is 1. The number of nitrogens with one attached hydrogen (secondary N) is 2. The van der Waals surface area contributed by atoms with Gasteiger partial charge in [0.2, 0.25) is 0 Å². The molecule has 0 radical (unpaired) electrons. The molecule has 2 N–H and O–H groups in total. The van der Waals surface area contributed by atoms with Crippen molar-refractivity contribution in [2.24, 2.45) is 5.92 Å². The normalized spacial score (nSPS) is 20.4. The maximum absolute atomic E-state index is 13.3. The molecule has 0 heterocycles. The minimum Gasteiger partial charge on any atom is -0.444 e. The number of nitriles is 1. The van der Waals surface area contributed by atoms with Crippen LogP contribution in [0.2, 0.25) is 0 Å². The third-order valence-corrected chi connectivity index (χ3v) is 4.26. The summed E-state index contributed by atoms with van der Waals surface area (Å²) in [4.78, 5) is 11.9. The Morgan fingerprint density at radius 3 is 2.76 bits per heavy atom. The summed E-state index contributed by atoms with van der Waals surface area (Å²) in [5.74, 6) is -0.188. The molecule has 25 heavy (non-hydrogen) atoms. The van der Waals surface area contributed by atoms with E-state index in [1.54, 1.807) is 6.07 Å². The molecule has 136 valence electrons. The Kier molecular flexibility index (Phi) is 6.24. The van der Waals surface area contributed by atoms with Crippen LogP contribution in [-0.4, -0.2) is 24.3 Å². The molecule has 1 saturated carbocycles. The number of ether oxygens (including phenoxy) is 1. The molecule has 0 saturated heterocycles. The highest BCUT2D eigenvalue weighted by Gasteiger charge is 2.27. The molecular weight excluding hydrogens is 321 g/mol. The van der Waals surface area contributed by atoms with Crippen LogP contribution in [0.3, 0.4) is 0 Å². The number of halogens is 1. The van der Waals surface area contributed by atoms with Gasteiger partial charge >= 0.3 is 6.09 Å². The molecule has 2 rings (SSSR count). The zero-order valence-electron chi connectivity index (χ0n) is 15.1. The number of alkyl carbamates (subject to hydrolysis) is 1. The molecule has 1 aliphatic carbocycles. The summed E-state index contributed by atoms with van der Waals surface area (Å²) in [5.41, 5.74) is 0.409. The number of anilines is 1. The lowest BCUT2D eigenvalue weighted by Crippen LogP contribution is -2.42. The molecule has 1 amide bonds. The molecule has 5 nitrogen and oxygen atoms in total. The van der Waals surface area contributed by atoms with Crippen molar-refractivity contribution in [3.05, 3.63) is 29.6 Å². The number of hydrogen-bond acceptors (Lipinski definition) is 4. The van der Waals surface area contributed by atoms with Crippen molar-refractivity contribution in [3.8, 4) is 6.07 Å². The number of rotatable bonds is 4. The largest absolute Gasteiger partial charge is 0.444 e. The van der Waals surface area contributed by atoms with E-state index >= 15 is 0 Å². The van der Waals surface area contributed by atoms with Gasteiger partial charge in [-0.15, -0.1) is 0 Å². The van der Waals surface area contributed by atoms with E-state index in [9.17, 15) is 14.4 Å². The fourth-order valence-corrected chi connectivity index (χ4v) is 3.11. The summed E-state index contributed by atoms with van der Waals surface area (Å²) >= 11 is 0. The van der Waals surface area contributed by atoms with E-state index in [0.29, 0.717) is 17.8 Å². The van der Waals surface area contributed by atoms with Crippen molar-refractivity contribution in [2.45, 2.75) is 58.1 Å². The van der Waals surface area contributed by atoms with Crippen LogP contribution in [0.5, 0.6) is 0 Å². The number of hydrogen-bond donors (Lipinski definition) is 2. The quantitative estimate of drug-likeness (QED) is 0.856. The van der Waals surface area contributed by atoms with Gasteiger partial charge in [0.15, 0.2) is 0 Å². The zero-order chi connectivity index (χ0) is 18.4. The molecular formula is C19H26FN3O2. The third-order valence-electron chi connectivity index (χ3n) is 4.26. The van der Waals surface area contributed by atoms with E-state index in [-0.39, 0.29) is 12.0 Å². The fraction of sp³-hybridized carbons (Fsp3) is 0.579. The molecule has 6 heteroatoms. The van der Waals surface area contributed by atoms with Gasteiger partial charge in [-0.3, -0.25) is 0 Å². The summed E-state index contributed by atoms with van der Waals surface area (Å²) in [7, 11) is 0. The molecule has 0 aliphatic heterocycles. The van der Waals surface area contributed by atoms with Gasteiger partial charge in [-0.2, -0.15) is 5.26 Å². The Morgan fingerprint density at radius 2 is 2.08 bits per heavy atom. The van der Waals surface area contributed by atoms with Crippen LogP contribution in [0, 0.1) is 23.1 Å². The minimum atomic E-state index is -0.524. The minimum absolute atomic E-state index is 0.126. The summed E-state index contributed by atoms with van der Waals surface area (Å²) in [6, 6.07) is 6.33. The van der Waals surface area contributed by atoms with Gasteiger partial charge in [-0.05, 0) is 57.7 Å². The van der Waals surface area contributed by atoms with E-state index < -0.39 is 17.5 Å². The van der Waals surface area contributed by atoms with Gasteiger partial charge < -0.3 is 15.4 Å². The summed E-state index contributed by atoms with van der Waals surface area (Å²) in [6.45, 7) is 6.00. The molecule has 1 fully saturated rings. The van der Waals surface area contributed by atoms with E-state index in [2.05, 4.69) is 10.6 Å². The second-order valence-electron chi connectivity index (χ2n) is 7.48. The van der Waals surface area contributed by atoms with Crippen molar-refractivity contribution in [1.29, 1.82) is 5.26 Å². The van der Waals surface area contributed by atoms with Gasteiger partial charge in [0.25, 0.3) is 0 Å². The molecule has 1 aromatic carbocycles. The summed E-state index contributed by atoms with van der Waals surface area (Å²) < 4.78 is 18.6. The lowest BCUT2D eigenvalue weighted by molar-refractivity contribution is 0.0514. The second-order valence-corrected chi connectivity index (χ2v) is 7.48. The Morgan fingerprint density at radius 1 is 1.36 bits per heavy atom. The van der Waals surface area contributed by atoms with Crippen LogP contribution >= 0.6 is 0 Å². The number of carbonyl (C=O) groups excluding carboxylic acids is 1. The second kappa shape index (κ2) is 8.19. The molecule has 1 aromatic rings. The van der Waals surface area contributed by atoms with E-state index in [0.717, 1.165) is 25.7 Å². The lowest BCUT2D eigenvalue weighted by Gasteiger charge is -2.33. The van der Waals surface area contributed by atoms with E-state index in [1.807, 2.05) is 26.8 Å². The van der Waals surface area contributed by atoms with Crippen LogP contribution < -0.4 is 10.6 Å². The van der Waals surface area contributed by atoms with Crippen molar-refractivity contribution in [1.82, 2.24) is 5.32 Å². The zero-order valence-corrected chi connectivity index (χ0v) is 15.1. The van der Waals surface area contributed by atoms with Crippen molar-refractivity contribution in [2.75, 3.05) is 11.9 Å². The fourth-order valence-electron chi connectivity index (χ4n) is 3.11. The Balaban J connectivity index is 1.99. The number of carbonyl (C=O) groups is 1. The Bertz CT molecular complexity index is 649. The van der Waals surface area contributed by atoms with Gasteiger partial charge in [0.05, 0.1) is 11.3 Å². The predicted octanol–water partition coefficient (Wildman–Crippen LogP) is 4.19. The van der Waals surface area contributed by atoms with Gasteiger partial charge in [0.1, 0.15) is 17.5 Å². The van der Waals surface area contributed by atoms with Gasteiger partial charge in [-0.25, -0.2) is 9.18 Å². The topological polar surface area (TPSA) is 74.2 Å². The average molecular weight is 347 g/mol. The first kappa shape index (κ1) is 19.0. The number of amides is 1. The van der Waals surface area contributed by atoms with Crippen molar-refractivity contribution >= 4 is 11.8 Å².